The van der Waals surface area contributed by atoms with Crippen LogP contribution in [0.5, 0.6) is 11.5 Å². The molecule has 3 rings (SSSR count). The number of hydrogen-bond donors (Lipinski definition) is 2. The topological polar surface area (TPSA) is 118 Å². The van der Waals surface area contributed by atoms with E-state index in [1.54, 1.807) is 36.1 Å². The van der Waals surface area contributed by atoms with Gasteiger partial charge < -0.3 is 29.1 Å². The molecule has 0 saturated carbocycles. The number of fused-ring (bicyclic) bond motifs is 1. The third kappa shape index (κ3) is 9.06. The van der Waals surface area contributed by atoms with Crippen molar-refractivity contribution in [3.05, 3.63) is 48.0 Å². The fraction of sp³-hybridized carbons (Fsp3) is 0.567. The van der Waals surface area contributed by atoms with E-state index in [2.05, 4.69) is 9.62 Å². The van der Waals surface area contributed by atoms with E-state index in [0.717, 1.165) is 19.3 Å². The Labute approximate surface area is 244 Å². The highest BCUT2D eigenvalue weighted by Gasteiger charge is 2.30. The standard InChI is InChI=1S/C30H45N3O7S/c1-21-18-33(22(2)20-34)30(35)27-17-24(31-41(36,37)26-13-11-25(38-6)12-14-26)10-15-28(27)40-23(3)9-7-8-16-39-29(21)19-32(4)5/h10-15,17,21-23,29,31,34H,7-9,16,18-20H2,1-6H3/t21-,22+,23+,29+/m0/s1. The molecule has 11 heteroatoms. The summed E-state index contributed by atoms with van der Waals surface area (Å²) in [5, 5.41) is 10.1. The molecular formula is C30H45N3O7S. The van der Waals surface area contributed by atoms with Crippen molar-refractivity contribution in [1.29, 1.82) is 0 Å². The van der Waals surface area contributed by atoms with Crippen LogP contribution in [-0.4, -0.2) is 95.0 Å². The molecule has 10 nitrogen and oxygen atoms in total. The van der Waals surface area contributed by atoms with E-state index in [4.69, 9.17) is 14.2 Å². The van der Waals surface area contributed by atoms with Crippen LogP contribution >= 0.6 is 0 Å². The van der Waals surface area contributed by atoms with Crippen LogP contribution in [0.3, 0.4) is 0 Å². The smallest absolute Gasteiger partial charge is 0.261 e. The average molecular weight is 592 g/mol. The first-order valence-corrected chi connectivity index (χ1v) is 15.6. The number of benzene rings is 2. The minimum Gasteiger partial charge on any atom is -0.497 e. The lowest BCUT2D eigenvalue weighted by molar-refractivity contribution is -0.0137. The summed E-state index contributed by atoms with van der Waals surface area (Å²) < 4.78 is 46.5. The Kier molecular flexibility index (Phi) is 11.8. The van der Waals surface area contributed by atoms with Gasteiger partial charge in [-0.3, -0.25) is 9.52 Å². The predicted molar refractivity (Wildman–Crippen MR) is 159 cm³/mol. The van der Waals surface area contributed by atoms with E-state index in [1.807, 2.05) is 27.9 Å². The van der Waals surface area contributed by atoms with Crippen molar-refractivity contribution in [2.24, 2.45) is 5.92 Å². The van der Waals surface area contributed by atoms with E-state index >= 15 is 0 Å². The van der Waals surface area contributed by atoms with Gasteiger partial charge in [0.15, 0.2) is 0 Å². The zero-order valence-electron chi connectivity index (χ0n) is 25.0. The van der Waals surface area contributed by atoms with Crippen molar-refractivity contribution < 1.29 is 32.5 Å². The number of rotatable bonds is 8. The number of hydrogen-bond acceptors (Lipinski definition) is 8. The van der Waals surface area contributed by atoms with Gasteiger partial charge in [0, 0.05) is 31.3 Å². The molecule has 2 N–H and O–H groups in total. The number of ether oxygens (including phenoxy) is 3. The predicted octanol–water partition coefficient (Wildman–Crippen LogP) is 3.85. The number of carbonyl (C=O) groups is 1. The summed E-state index contributed by atoms with van der Waals surface area (Å²) in [6.07, 6.45) is 2.28. The molecule has 2 aromatic carbocycles. The number of nitrogens with one attached hydrogen (secondary N) is 1. The number of amides is 1. The monoisotopic (exact) mass is 591 g/mol. The number of methoxy groups -OCH3 is 1. The molecule has 228 valence electrons. The number of nitrogens with zero attached hydrogens (tertiary/aromatic N) is 2. The van der Waals surface area contributed by atoms with E-state index in [-0.39, 0.29) is 46.8 Å². The van der Waals surface area contributed by atoms with Crippen molar-refractivity contribution in [2.75, 3.05) is 52.2 Å². The van der Waals surface area contributed by atoms with Crippen LogP contribution in [0, 0.1) is 5.92 Å². The second kappa shape index (κ2) is 14.9. The van der Waals surface area contributed by atoms with Gasteiger partial charge in [-0.2, -0.15) is 0 Å². The molecule has 1 amide bonds. The normalized spacial score (nSPS) is 21.9. The molecule has 0 radical (unpaired) electrons. The SMILES string of the molecule is COc1ccc(S(=O)(=O)Nc2ccc3c(c2)C(=O)N([C@H](C)CO)C[C@H](C)[C@@H](CN(C)C)OCCCC[C@@H](C)O3)cc1. The number of aliphatic hydroxyl groups is 1. The lowest BCUT2D eigenvalue weighted by Crippen LogP contribution is -2.47. The quantitative estimate of drug-likeness (QED) is 0.476. The molecule has 41 heavy (non-hydrogen) atoms. The van der Waals surface area contributed by atoms with Gasteiger partial charge in [0.25, 0.3) is 15.9 Å². The Morgan fingerprint density at radius 1 is 1.15 bits per heavy atom. The van der Waals surface area contributed by atoms with Crippen LogP contribution in [0.2, 0.25) is 0 Å². The van der Waals surface area contributed by atoms with E-state index < -0.39 is 16.1 Å². The van der Waals surface area contributed by atoms with Gasteiger partial charge in [-0.25, -0.2) is 8.42 Å². The molecule has 2 aromatic rings. The maximum absolute atomic E-state index is 14.1. The molecule has 1 aliphatic rings. The fourth-order valence-electron chi connectivity index (χ4n) is 4.78. The van der Waals surface area contributed by atoms with Gasteiger partial charge in [0.1, 0.15) is 11.5 Å². The van der Waals surface area contributed by atoms with Gasteiger partial charge in [-0.1, -0.05) is 6.92 Å². The average Bonchev–Trinajstić information content (AvgIpc) is 2.94. The second-order valence-electron chi connectivity index (χ2n) is 11.1. The second-order valence-corrected chi connectivity index (χ2v) is 12.7. The van der Waals surface area contributed by atoms with Gasteiger partial charge in [0.05, 0.1) is 42.4 Å². The highest BCUT2D eigenvalue weighted by atomic mass is 32.2. The number of sulfonamides is 1. The van der Waals surface area contributed by atoms with E-state index in [9.17, 15) is 18.3 Å². The molecule has 1 aliphatic heterocycles. The Balaban J connectivity index is 2.01. The summed E-state index contributed by atoms with van der Waals surface area (Å²) >= 11 is 0. The first kappa shape index (κ1) is 32.7. The third-order valence-electron chi connectivity index (χ3n) is 7.22. The Hall–Kier alpha value is -2.86. The molecule has 0 saturated heterocycles. The molecular weight excluding hydrogens is 546 g/mol. The van der Waals surface area contributed by atoms with E-state index in [1.165, 1.54) is 25.3 Å². The third-order valence-corrected chi connectivity index (χ3v) is 8.62. The highest BCUT2D eigenvalue weighted by molar-refractivity contribution is 7.92. The number of likely N-dealkylation sites (N-methyl/N-ethyl adjacent to an activating group) is 1. The Bertz CT molecular complexity index is 1240. The van der Waals surface area contributed by atoms with Crippen molar-refractivity contribution in [3.63, 3.8) is 0 Å². The molecule has 0 spiro atoms. The lowest BCUT2D eigenvalue weighted by Gasteiger charge is -2.35. The lowest BCUT2D eigenvalue weighted by atomic mass is 10.0. The first-order valence-electron chi connectivity index (χ1n) is 14.1. The van der Waals surface area contributed by atoms with Crippen LogP contribution in [0.1, 0.15) is 50.4 Å². The summed E-state index contributed by atoms with van der Waals surface area (Å²) in [5.74, 6) is 0.526. The molecule has 1 heterocycles. The van der Waals surface area contributed by atoms with Gasteiger partial charge >= 0.3 is 0 Å². The molecule has 0 aliphatic carbocycles. The van der Waals surface area contributed by atoms with Crippen molar-refractivity contribution in [3.8, 4) is 11.5 Å². The Morgan fingerprint density at radius 3 is 2.49 bits per heavy atom. The number of aliphatic hydroxyl groups excluding tert-OH is 1. The summed E-state index contributed by atoms with van der Waals surface area (Å²) in [4.78, 5) is 17.9. The van der Waals surface area contributed by atoms with E-state index in [0.29, 0.717) is 31.2 Å². The zero-order chi connectivity index (χ0) is 30.2. The first-order chi connectivity index (χ1) is 19.4. The minimum absolute atomic E-state index is 0.0293. The van der Waals surface area contributed by atoms with Crippen LogP contribution in [0.25, 0.3) is 0 Å². The van der Waals surface area contributed by atoms with Crippen LogP contribution in [0.4, 0.5) is 5.69 Å². The van der Waals surface area contributed by atoms with Crippen molar-refractivity contribution >= 4 is 21.6 Å². The largest absolute Gasteiger partial charge is 0.497 e. The molecule has 0 bridgehead atoms. The van der Waals surface area contributed by atoms with Gasteiger partial charge in [-0.15, -0.1) is 0 Å². The van der Waals surface area contributed by atoms with Gasteiger partial charge in [-0.05, 0) is 89.7 Å². The van der Waals surface area contributed by atoms with Crippen LogP contribution < -0.4 is 14.2 Å². The molecule has 0 aromatic heterocycles. The summed E-state index contributed by atoms with van der Waals surface area (Å²) in [6, 6.07) is 10.3. The van der Waals surface area contributed by atoms with Crippen molar-refractivity contribution in [2.45, 2.75) is 63.2 Å². The molecule has 4 atom stereocenters. The van der Waals surface area contributed by atoms with Crippen molar-refractivity contribution in [1.82, 2.24) is 9.80 Å². The van der Waals surface area contributed by atoms with Crippen LogP contribution in [0.15, 0.2) is 47.4 Å². The maximum atomic E-state index is 14.1. The zero-order valence-corrected chi connectivity index (χ0v) is 25.8. The summed E-state index contributed by atoms with van der Waals surface area (Å²) in [5.41, 5.74) is 0.449. The minimum atomic E-state index is -3.94. The summed E-state index contributed by atoms with van der Waals surface area (Å²) in [7, 11) is 1.55. The van der Waals surface area contributed by atoms with Crippen LogP contribution in [-0.2, 0) is 14.8 Å². The fourth-order valence-corrected chi connectivity index (χ4v) is 5.83. The summed E-state index contributed by atoms with van der Waals surface area (Å²) in [6.45, 7) is 7.21. The highest BCUT2D eigenvalue weighted by Crippen LogP contribution is 2.29. The maximum Gasteiger partial charge on any atom is 0.261 e. The molecule has 0 fully saturated rings. The Morgan fingerprint density at radius 2 is 1.85 bits per heavy atom. The number of anilines is 1. The number of carbonyl (C=O) groups excluding carboxylic acids is 1. The molecule has 0 unspecified atom stereocenters. The van der Waals surface area contributed by atoms with Gasteiger partial charge in [0.2, 0.25) is 0 Å².